The molecule has 6 heteroatoms. The molecule has 2 aromatic rings. The molecule has 2 rings (SSSR count). The van der Waals surface area contributed by atoms with Crippen molar-refractivity contribution in [3.05, 3.63) is 59.1 Å². The van der Waals surface area contributed by atoms with Gasteiger partial charge in [0.2, 0.25) is 0 Å². The largest absolute Gasteiger partial charge is 0.316 e. The monoisotopic (exact) mass is 310 g/mol. The molecule has 106 valence electrons. The van der Waals surface area contributed by atoms with E-state index in [1.807, 2.05) is 19.2 Å². The van der Waals surface area contributed by atoms with Crippen LogP contribution in [0.2, 0.25) is 5.02 Å². The minimum Gasteiger partial charge on any atom is -0.316 e. The SMILES string of the molecule is CNCc1cccc(NS(=O)(=O)c2cccc(Cl)c2)c1. The first-order chi connectivity index (χ1) is 9.51. The quantitative estimate of drug-likeness (QED) is 0.893. The number of hydrogen-bond acceptors (Lipinski definition) is 3. The van der Waals surface area contributed by atoms with Crippen molar-refractivity contribution in [2.24, 2.45) is 0 Å². The highest BCUT2D eigenvalue weighted by atomic mass is 35.5. The van der Waals surface area contributed by atoms with Crippen LogP contribution in [0.4, 0.5) is 5.69 Å². The van der Waals surface area contributed by atoms with Gasteiger partial charge in [0.15, 0.2) is 0 Å². The van der Waals surface area contributed by atoms with Gasteiger partial charge in [-0.3, -0.25) is 4.72 Å². The lowest BCUT2D eigenvalue weighted by Crippen LogP contribution is -2.13. The third kappa shape index (κ3) is 3.72. The predicted octanol–water partition coefficient (Wildman–Crippen LogP) is 2.86. The molecule has 0 saturated heterocycles. The van der Waals surface area contributed by atoms with E-state index in [9.17, 15) is 8.42 Å². The first-order valence-corrected chi connectivity index (χ1v) is 7.89. The van der Waals surface area contributed by atoms with Gasteiger partial charge < -0.3 is 5.32 Å². The molecule has 2 N–H and O–H groups in total. The summed E-state index contributed by atoms with van der Waals surface area (Å²) in [5, 5.41) is 3.40. The minimum absolute atomic E-state index is 0.143. The zero-order valence-electron chi connectivity index (χ0n) is 10.9. The summed E-state index contributed by atoms with van der Waals surface area (Å²) in [6.45, 7) is 0.673. The van der Waals surface area contributed by atoms with Gasteiger partial charge in [-0.2, -0.15) is 0 Å². The molecule has 0 aliphatic heterocycles. The zero-order valence-corrected chi connectivity index (χ0v) is 12.5. The lowest BCUT2D eigenvalue weighted by atomic mass is 10.2. The lowest BCUT2D eigenvalue weighted by molar-refractivity contribution is 0.601. The highest BCUT2D eigenvalue weighted by molar-refractivity contribution is 7.92. The summed E-state index contributed by atoms with van der Waals surface area (Å²) in [5.41, 5.74) is 1.52. The van der Waals surface area contributed by atoms with E-state index >= 15 is 0 Å². The Hall–Kier alpha value is -1.56. The molecule has 0 heterocycles. The maximum absolute atomic E-state index is 12.2. The van der Waals surface area contributed by atoms with Crippen molar-refractivity contribution >= 4 is 27.3 Å². The number of halogens is 1. The van der Waals surface area contributed by atoms with E-state index < -0.39 is 10.0 Å². The van der Waals surface area contributed by atoms with Gasteiger partial charge >= 0.3 is 0 Å². The van der Waals surface area contributed by atoms with Crippen LogP contribution in [-0.2, 0) is 16.6 Å². The normalized spacial score (nSPS) is 11.3. The maximum Gasteiger partial charge on any atom is 0.261 e. The number of rotatable bonds is 5. The zero-order chi connectivity index (χ0) is 14.6. The van der Waals surface area contributed by atoms with Crippen LogP contribution in [0, 0.1) is 0 Å². The first kappa shape index (κ1) is 14.8. The Morgan fingerprint density at radius 2 is 1.85 bits per heavy atom. The number of benzene rings is 2. The standard InChI is InChI=1S/C14H15ClN2O2S/c1-16-10-11-4-2-6-13(8-11)17-20(18,19)14-7-3-5-12(15)9-14/h2-9,16-17H,10H2,1H3. The highest BCUT2D eigenvalue weighted by Crippen LogP contribution is 2.19. The second-order valence-electron chi connectivity index (χ2n) is 4.29. The van der Waals surface area contributed by atoms with E-state index in [-0.39, 0.29) is 4.90 Å². The molecule has 2 aromatic carbocycles. The average Bonchev–Trinajstić information content (AvgIpc) is 2.39. The van der Waals surface area contributed by atoms with Crippen molar-refractivity contribution in [1.82, 2.24) is 5.32 Å². The maximum atomic E-state index is 12.2. The average molecular weight is 311 g/mol. The molecular formula is C14H15ClN2O2S. The van der Waals surface area contributed by atoms with Crippen LogP contribution >= 0.6 is 11.6 Å². The molecule has 0 saturated carbocycles. The Balaban J connectivity index is 2.26. The molecule has 0 amide bonds. The molecule has 0 radical (unpaired) electrons. The lowest BCUT2D eigenvalue weighted by Gasteiger charge is -2.09. The van der Waals surface area contributed by atoms with E-state index in [2.05, 4.69) is 10.0 Å². The topological polar surface area (TPSA) is 58.2 Å². The summed E-state index contributed by atoms with van der Waals surface area (Å²) in [6, 6.07) is 13.4. The summed E-state index contributed by atoms with van der Waals surface area (Å²) < 4.78 is 27.0. The van der Waals surface area contributed by atoms with Gasteiger partial charge in [0.25, 0.3) is 10.0 Å². The van der Waals surface area contributed by atoms with E-state index in [1.54, 1.807) is 24.3 Å². The fourth-order valence-corrected chi connectivity index (χ4v) is 3.15. The summed E-state index contributed by atoms with van der Waals surface area (Å²) >= 11 is 5.82. The molecule has 0 bridgehead atoms. The Morgan fingerprint density at radius 3 is 2.55 bits per heavy atom. The molecule has 0 fully saturated rings. The van der Waals surface area contributed by atoms with Crippen molar-refractivity contribution in [2.75, 3.05) is 11.8 Å². The molecular weight excluding hydrogens is 296 g/mol. The number of anilines is 1. The van der Waals surface area contributed by atoms with E-state index in [1.165, 1.54) is 12.1 Å². The van der Waals surface area contributed by atoms with Gasteiger partial charge in [0, 0.05) is 17.3 Å². The fourth-order valence-electron chi connectivity index (χ4n) is 1.80. The van der Waals surface area contributed by atoms with Crippen LogP contribution in [0.25, 0.3) is 0 Å². The van der Waals surface area contributed by atoms with Crippen LogP contribution in [0.1, 0.15) is 5.56 Å². The third-order valence-corrected chi connectivity index (χ3v) is 4.28. The third-order valence-electron chi connectivity index (χ3n) is 2.67. The van der Waals surface area contributed by atoms with Gasteiger partial charge in [-0.15, -0.1) is 0 Å². The highest BCUT2D eigenvalue weighted by Gasteiger charge is 2.14. The predicted molar refractivity (Wildman–Crippen MR) is 81.5 cm³/mol. The molecule has 20 heavy (non-hydrogen) atoms. The van der Waals surface area contributed by atoms with Crippen LogP contribution in [0.15, 0.2) is 53.4 Å². The molecule has 0 atom stereocenters. The minimum atomic E-state index is -3.62. The fraction of sp³-hybridized carbons (Fsp3) is 0.143. The summed E-state index contributed by atoms with van der Waals surface area (Å²) in [6.07, 6.45) is 0. The second kappa shape index (κ2) is 6.26. The number of sulfonamides is 1. The van der Waals surface area contributed by atoms with Crippen molar-refractivity contribution in [3.63, 3.8) is 0 Å². The van der Waals surface area contributed by atoms with Gasteiger partial charge in [0.1, 0.15) is 0 Å². The Bertz CT molecular complexity index is 702. The Morgan fingerprint density at radius 1 is 1.10 bits per heavy atom. The van der Waals surface area contributed by atoms with E-state index in [4.69, 9.17) is 11.6 Å². The van der Waals surface area contributed by atoms with Crippen molar-refractivity contribution in [3.8, 4) is 0 Å². The smallest absolute Gasteiger partial charge is 0.261 e. The van der Waals surface area contributed by atoms with Gasteiger partial charge in [-0.05, 0) is 42.9 Å². The Labute approximate surface area is 123 Å². The molecule has 0 aliphatic carbocycles. The molecule has 0 unspecified atom stereocenters. The molecule has 0 aromatic heterocycles. The van der Waals surface area contributed by atoms with Gasteiger partial charge in [0.05, 0.1) is 4.90 Å². The van der Waals surface area contributed by atoms with Crippen molar-refractivity contribution in [2.45, 2.75) is 11.4 Å². The van der Waals surface area contributed by atoms with E-state index in [0.29, 0.717) is 17.3 Å². The van der Waals surface area contributed by atoms with Crippen LogP contribution in [0.3, 0.4) is 0 Å². The van der Waals surface area contributed by atoms with Crippen LogP contribution in [-0.4, -0.2) is 15.5 Å². The first-order valence-electron chi connectivity index (χ1n) is 6.03. The van der Waals surface area contributed by atoms with E-state index in [0.717, 1.165) is 5.56 Å². The molecule has 4 nitrogen and oxygen atoms in total. The van der Waals surface area contributed by atoms with Gasteiger partial charge in [-0.25, -0.2) is 8.42 Å². The second-order valence-corrected chi connectivity index (χ2v) is 6.41. The Kier molecular flexibility index (Phi) is 4.65. The molecule has 0 aliphatic rings. The summed E-state index contributed by atoms with van der Waals surface area (Å²) in [4.78, 5) is 0.143. The van der Waals surface area contributed by atoms with Crippen LogP contribution in [0.5, 0.6) is 0 Å². The number of hydrogen-bond donors (Lipinski definition) is 2. The van der Waals surface area contributed by atoms with Gasteiger partial charge in [-0.1, -0.05) is 29.8 Å². The molecule has 0 spiro atoms. The number of nitrogens with one attached hydrogen (secondary N) is 2. The summed E-state index contributed by atoms with van der Waals surface area (Å²) in [5.74, 6) is 0. The van der Waals surface area contributed by atoms with Crippen molar-refractivity contribution in [1.29, 1.82) is 0 Å². The van der Waals surface area contributed by atoms with Crippen LogP contribution < -0.4 is 10.0 Å². The summed E-state index contributed by atoms with van der Waals surface area (Å²) in [7, 11) is -1.79. The van der Waals surface area contributed by atoms with Crippen molar-refractivity contribution < 1.29 is 8.42 Å².